The van der Waals surface area contributed by atoms with Gasteiger partial charge in [0.05, 0.1) is 59.5 Å². The molecule has 2 amide bonds. The molecule has 0 aromatic heterocycles. The Labute approximate surface area is 381 Å². The van der Waals surface area contributed by atoms with Gasteiger partial charge in [-0.25, -0.2) is 0 Å². The molecule has 0 radical (unpaired) electrons. The number of ether oxygens (including phenoxy) is 1. The van der Waals surface area contributed by atoms with Crippen LogP contribution >= 0.6 is 0 Å². The van der Waals surface area contributed by atoms with Crippen LogP contribution in [0, 0.1) is 5.92 Å². The molecule has 2 aliphatic rings. The summed E-state index contributed by atoms with van der Waals surface area (Å²) < 4.78 is 4.86. The summed E-state index contributed by atoms with van der Waals surface area (Å²) in [5.74, 6) is -5.97. The Morgan fingerprint density at radius 2 is 0.708 bits per heavy atom. The second-order valence-corrected chi connectivity index (χ2v) is 17.0. The van der Waals surface area contributed by atoms with Crippen molar-refractivity contribution in [3.8, 4) is 0 Å². The Morgan fingerprint density at radius 1 is 0.431 bits per heavy atom. The summed E-state index contributed by atoms with van der Waals surface area (Å²) in [5, 5.41) is 53.5. The molecule has 372 valence electrons. The third-order valence-electron chi connectivity index (χ3n) is 11.4. The monoisotopic (exact) mass is 931 g/mol. The molecule has 2 aliphatic heterocycles. The first-order valence-corrected chi connectivity index (χ1v) is 22.3. The van der Waals surface area contributed by atoms with Crippen LogP contribution in [0.25, 0.3) is 0 Å². The largest absolute Gasteiger partial charge is 0.480 e. The third kappa shape index (κ3) is 26.9. The van der Waals surface area contributed by atoms with Crippen LogP contribution in [0.3, 0.4) is 0 Å². The van der Waals surface area contributed by atoms with Gasteiger partial charge in [-0.2, -0.15) is 0 Å². The summed E-state index contributed by atoms with van der Waals surface area (Å²) >= 11 is 0. The third-order valence-corrected chi connectivity index (χ3v) is 11.4. The van der Waals surface area contributed by atoms with Crippen molar-refractivity contribution in [2.24, 2.45) is 5.92 Å². The number of carboxylic acid groups (broad SMARTS) is 5. The maximum atomic E-state index is 13.5. The second kappa shape index (κ2) is 31.4. The Kier molecular flexibility index (Phi) is 27.3. The summed E-state index contributed by atoms with van der Waals surface area (Å²) in [6.07, 6.45) is 1.96. The molecule has 1 atom stereocenters. The van der Waals surface area contributed by atoms with Crippen LogP contribution in [0.15, 0.2) is 0 Å². The highest BCUT2D eigenvalue weighted by Gasteiger charge is 2.24. The highest BCUT2D eigenvalue weighted by Crippen LogP contribution is 2.11. The molecule has 2 fully saturated rings. The van der Waals surface area contributed by atoms with Gasteiger partial charge in [0.15, 0.2) is 0 Å². The molecule has 2 heterocycles. The van der Waals surface area contributed by atoms with Gasteiger partial charge in [-0.15, -0.1) is 0 Å². The highest BCUT2D eigenvalue weighted by atomic mass is 16.5. The molecule has 2 rings (SSSR count). The normalized spacial score (nSPS) is 19.1. The maximum absolute atomic E-state index is 13.5. The number of carbonyl (C=O) groups excluding carboxylic acids is 3. The molecule has 0 spiro atoms. The number of carbonyl (C=O) groups is 8. The van der Waals surface area contributed by atoms with Gasteiger partial charge in [0, 0.05) is 117 Å². The van der Waals surface area contributed by atoms with Crippen LogP contribution < -0.4 is 10.6 Å². The number of hydrogen-bond donors (Lipinski definition) is 7. The number of esters is 1. The van der Waals surface area contributed by atoms with Crippen LogP contribution in [0.5, 0.6) is 0 Å². The van der Waals surface area contributed by atoms with Crippen LogP contribution in [0.1, 0.15) is 33.1 Å². The molecule has 0 aromatic carbocycles. The number of aliphatic carboxylic acids is 5. The number of unbranched alkanes of at least 4 members (excludes halogenated alkanes) is 1. The second-order valence-electron chi connectivity index (χ2n) is 17.0. The maximum Gasteiger partial charge on any atom is 0.319 e. The average molecular weight is 931 g/mol. The van der Waals surface area contributed by atoms with E-state index in [1.54, 1.807) is 24.5 Å². The van der Waals surface area contributed by atoms with Gasteiger partial charge in [-0.1, -0.05) is 13.8 Å². The molecule has 0 bridgehead atoms. The first-order valence-electron chi connectivity index (χ1n) is 22.3. The predicted octanol–water partition coefficient (Wildman–Crippen LogP) is -3.55. The molecule has 1 unspecified atom stereocenters. The standard InChI is InChI=1S/C41H74N10O14/c1-32(2)33(43-35(53)25-45-9-13-47(27-37(56)57)15-18-49(29-39(60)61)19-16-48(14-10-45)28-38(58)59)6-4-5-7-42-34(52)24-44-8-12-46(26-36(54)55)17-20-50(30-40(62)63)21-23-51(22-11-44)31-41(64)65-3/h32-33H,4-31H2,1-3H3,(H,42,52)(H,43,53)(H,54,55)(H,56,57)(H,58,59)(H,60,61)(H,62,63). The van der Waals surface area contributed by atoms with E-state index < -0.39 is 35.8 Å². The van der Waals surface area contributed by atoms with E-state index in [4.69, 9.17) is 4.74 Å². The summed E-state index contributed by atoms with van der Waals surface area (Å²) in [6.45, 7) is 8.16. The van der Waals surface area contributed by atoms with Gasteiger partial charge in [0.25, 0.3) is 0 Å². The molecule has 0 saturated carbocycles. The Morgan fingerprint density at radius 3 is 0.985 bits per heavy atom. The SMILES string of the molecule is COC(=O)CN1CCN(CC(=O)O)CCN(CC(=O)O)CCN(CC(=O)NCCCCC(NC(=O)CN2CCN(CC(=O)O)CCN(CC(=O)O)CCN(CC(=O)O)CC2)C(C)C)CC1. The average Bonchev–Trinajstić information content (AvgIpc) is 3.20. The van der Waals surface area contributed by atoms with Gasteiger partial charge < -0.3 is 40.9 Å². The molecule has 65 heavy (non-hydrogen) atoms. The Balaban J connectivity index is 1.99. The molecule has 2 saturated heterocycles. The van der Waals surface area contributed by atoms with E-state index in [2.05, 4.69) is 10.6 Å². The minimum Gasteiger partial charge on any atom is -0.480 e. The molecule has 7 N–H and O–H groups in total. The number of nitrogens with zero attached hydrogens (tertiary/aromatic N) is 8. The fourth-order valence-corrected chi connectivity index (χ4v) is 7.63. The molecule has 24 heteroatoms. The number of amides is 2. The minimum absolute atomic E-state index is 0.000420. The Bertz CT molecular complexity index is 1490. The first kappa shape index (κ1) is 56.6. The highest BCUT2D eigenvalue weighted by molar-refractivity contribution is 5.78. The van der Waals surface area contributed by atoms with E-state index in [9.17, 15) is 63.9 Å². The lowest BCUT2D eigenvalue weighted by Crippen LogP contribution is -2.50. The van der Waals surface area contributed by atoms with Crippen molar-refractivity contribution in [3.05, 3.63) is 0 Å². The summed E-state index contributed by atoms with van der Waals surface area (Å²) in [4.78, 5) is 111. The molecule has 24 nitrogen and oxygen atoms in total. The molecule has 0 aromatic rings. The first-order chi connectivity index (χ1) is 30.8. The lowest BCUT2D eigenvalue weighted by atomic mass is 9.98. The summed E-state index contributed by atoms with van der Waals surface area (Å²) in [7, 11) is 1.29. The predicted molar refractivity (Wildman–Crippen MR) is 235 cm³/mol. The van der Waals surface area contributed by atoms with E-state index in [0.717, 1.165) is 0 Å². The van der Waals surface area contributed by atoms with Gasteiger partial charge in [-0.05, 0) is 25.2 Å². The van der Waals surface area contributed by atoms with Crippen molar-refractivity contribution < 1.29 is 68.6 Å². The topological polar surface area (TPSA) is 297 Å². The minimum atomic E-state index is -1.04. The van der Waals surface area contributed by atoms with Gasteiger partial charge in [0.1, 0.15) is 0 Å². The molecular weight excluding hydrogens is 857 g/mol. The zero-order valence-corrected chi connectivity index (χ0v) is 38.4. The number of rotatable bonds is 23. The van der Waals surface area contributed by atoms with Crippen molar-refractivity contribution in [2.75, 3.05) is 171 Å². The van der Waals surface area contributed by atoms with Crippen LogP contribution in [-0.2, 0) is 43.1 Å². The molecular formula is C41H74N10O14. The number of carboxylic acids is 5. The lowest BCUT2D eigenvalue weighted by Gasteiger charge is -2.33. The van der Waals surface area contributed by atoms with Crippen LogP contribution in [-0.4, -0.2) is 289 Å². The van der Waals surface area contributed by atoms with E-state index >= 15 is 0 Å². The summed E-state index contributed by atoms with van der Waals surface area (Å²) in [5.41, 5.74) is 0. The van der Waals surface area contributed by atoms with Crippen molar-refractivity contribution in [1.82, 2.24) is 49.8 Å². The van der Waals surface area contributed by atoms with E-state index in [1.807, 2.05) is 28.5 Å². The Hall–Kier alpha value is -4.56. The fraction of sp³-hybridized carbons (Fsp3) is 0.805. The number of methoxy groups -OCH3 is 1. The zero-order valence-electron chi connectivity index (χ0n) is 38.4. The summed E-state index contributed by atoms with van der Waals surface area (Å²) in [6, 6.07) is -0.182. The van der Waals surface area contributed by atoms with Crippen LogP contribution in [0.4, 0.5) is 0 Å². The fourth-order valence-electron chi connectivity index (χ4n) is 7.63. The van der Waals surface area contributed by atoms with Gasteiger partial charge >= 0.3 is 35.8 Å². The van der Waals surface area contributed by atoms with Crippen LogP contribution in [0.2, 0.25) is 0 Å². The lowest BCUT2D eigenvalue weighted by molar-refractivity contribution is -0.143. The zero-order chi connectivity index (χ0) is 48.3. The van der Waals surface area contributed by atoms with Crippen molar-refractivity contribution in [1.29, 1.82) is 0 Å². The van der Waals surface area contributed by atoms with E-state index in [-0.39, 0.29) is 102 Å². The van der Waals surface area contributed by atoms with Crippen molar-refractivity contribution in [3.63, 3.8) is 0 Å². The van der Waals surface area contributed by atoms with E-state index in [1.165, 1.54) is 7.11 Å². The van der Waals surface area contributed by atoms with E-state index in [0.29, 0.717) is 104 Å². The van der Waals surface area contributed by atoms with Crippen molar-refractivity contribution in [2.45, 2.75) is 39.2 Å². The van der Waals surface area contributed by atoms with Gasteiger partial charge in [0.2, 0.25) is 11.8 Å². The molecule has 0 aliphatic carbocycles. The number of hydrogen-bond acceptors (Lipinski definition) is 17. The quantitative estimate of drug-likeness (QED) is 0.0386. The smallest absolute Gasteiger partial charge is 0.319 e. The van der Waals surface area contributed by atoms with Crippen molar-refractivity contribution >= 4 is 47.6 Å². The number of nitrogens with one attached hydrogen (secondary N) is 2. The van der Waals surface area contributed by atoms with Gasteiger partial charge in [-0.3, -0.25) is 77.6 Å².